The van der Waals surface area contributed by atoms with E-state index in [1.165, 1.54) is 45.6 Å². The second kappa shape index (κ2) is 16.0. The molecule has 0 saturated carbocycles. The van der Waals surface area contributed by atoms with Crippen molar-refractivity contribution in [3.05, 3.63) is 36.5 Å². The van der Waals surface area contributed by atoms with Gasteiger partial charge in [0.05, 0.1) is 12.5 Å². The minimum absolute atomic E-state index is 0.00822. The van der Waals surface area contributed by atoms with E-state index in [4.69, 9.17) is 9.84 Å². The van der Waals surface area contributed by atoms with Gasteiger partial charge < -0.3 is 9.84 Å². The Labute approximate surface area is 135 Å². The van der Waals surface area contributed by atoms with Crippen molar-refractivity contribution in [3.63, 3.8) is 0 Å². The van der Waals surface area contributed by atoms with Crippen LogP contribution in [0.15, 0.2) is 36.5 Å². The average Bonchev–Trinajstić information content (AvgIpc) is 2.50. The van der Waals surface area contributed by atoms with Crippen molar-refractivity contribution in [2.45, 2.75) is 70.8 Å². The van der Waals surface area contributed by atoms with E-state index in [2.05, 4.69) is 25.2 Å². The number of allylic oxidation sites excluding steroid dienone is 5. The fourth-order valence-corrected chi connectivity index (χ4v) is 2.10. The van der Waals surface area contributed by atoms with Gasteiger partial charge in [-0.2, -0.15) is 0 Å². The molecule has 22 heavy (non-hydrogen) atoms. The summed E-state index contributed by atoms with van der Waals surface area (Å²) < 4.78 is 5.06. The lowest BCUT2D eigenvalue weighted by atomic mass is 10.1. The zero-order valence-corrected chi connectivity index (χ0v) is 14.2. The van der Waals surface area contributed by atoms with Crippen LogP contribution >= 0.6 is 0 Å². The standard InChI is InChI=1S/C19H32O3/c1-3-4-5-6-7-8-9-10-11-12-13-14-15-16-18(22-2)17-19(20)21/h4-5,13-16,18H,3,6-12,17H2,1-2H3,(H,20,21)/b5-4+,14-13-,16-15+/t18-/m0/s1. The molecule has 1 atom stereocenters. The maximum Gasteiger partial charge on any atom is 0.306 e. The molecule has 1 N–H and O–H groups in total. The first-order valence-electron chi connectivity index (χ1n) is 8.43. The molecule has 0 radical (unpaired) electrons. The summed E-state index contributed by atoms with van der Waals surface area (Å²) in [5.41, 5.74) is 0. The first kappa shape index (κ1) is 20.6. The Bertz CT molecular complexity index is 343. The first-order chi connectivity index (χ1) is 10.7. The minimum Gasteiger partial charge on any atom is -0.481 e. The van der Waals surface area contributed by atoms with Gasteiger partial charge >= 0.3 is 5.97 Å². The zero-order chi connectivity index (χ0) is 16.5. The molecule has 0 fully saturated rings. The number of hydrogen-bond acceptors (Lipinski definition) is 2. The van der Waals surface area contributed by atoms with Gasteiger partial charge in [-0.1, -0.05) is 62.6 Å². The number of rotatable bonds is 14. The molecule has 0 amide bonds. The summed E-state index contributed by atoms with van der Waals surface area (Å²) in [6.07, 6.45) is 21.8. The lowest BCUT2D eigenvalue weighted by Gasteiger charge is -2.05. The summed E-state index contributed by atoms with van der Waals surface area (Å²) in [6, 6.07) is 0. The van der Waals surface area contributed by atoms with Gasteiger partial charge in [-0.3, -0.25) is 4.79 Å². The smallest absolute Gasteiger partial charge is 0.306 e. The van der Waals surface area contributed by atoms with Crippen molar-refractivity contribution < 1.29 is 14.6 Å². The number of methoxy groups -OCH3 is 1. The van der Waals surface area contributed by atoms with Crippen molar-refractivity contribution in [3.8, 4) is 0 Å². The predicted molar refractivity (Wildman–Crippen MR) is 93.1 cm³/mol. The molecule has 0 aliphatic heterocycles. The van der Waals surface area contributed by atoms with Gasteiger partial charge in [0.1, 0.15) is 0 Å². The van der Waals surface area contributed by atoms with E-state index in [0.29, 0.717) is 0 Å². The van der Waals surface area contributed by atoms with Crippen LogP contribution in [-0.4, -0.2) is 24.3 Å². The molecule has 0 unspecified atom stereocenters. The van der Waals surface area contributed by atoms with Gasteiger partial charge in [0.2, 0.25) is 0 Å². The molecular weight excluding hydrogens is 276 g/mol. The van der Waals surface area contributed by atoms with E-state index in [1.807, 2.05) is 12.2 Å². The second-order valence-electron chi connectivity index (χ2n) is 5.41. The van der Waals surface area contributed by atoms with Crippen molar-refractivity contribution in [2.24, 2.45) is 0 Å². The fraction of sp³-hybridized carbons (Fsp3) is 0.632. The van der Waals surface area contributed by atoms with Crippen molar-refractivity contribution in [1.82, 2.24) is 0 Å². The van der Waals surface area contributed by atoms with Crippen LogP contribution in [0.4, 0.5) is 0 Å². The molecule has 0 aliphatic rings. The molecular formula is C19H32O3. The van der Waals surface area contributed by atoms with Crippen LogP contribution in [-0.2, 0) is 9.53 Å². The summed E-state index contributed by atoms with van der Waals surface area (Å²) in [5, 5.41) is 8.68. The van der Waals surface area contributed by atoms with Gasteiger partial charge in [-0.05, 0) is 32.1 Å². The molecule has 0 aromatic carbocycles. The minimum atomic E-state index is -0.842. The summed E-state index contributed by atoms with van der Waals surface area (Å²) in [5.74, 6) is -0.842. The van der Waals surface area contributed by atoms with Crippen LogP contribution < -0.4 is 0 Å². The number of hydrogen-bond donors (Lipinski definition) is 1. The number of carboxylic acids is 1. The molecule has 0 bridgehead atoms. The number of aliphatic carboxylic acids is 1. The molecule has 3 nitrogen and oxygen atoms in total. The summed E-state index contributed by atoms with van der Waals surface area (Å²) in [7, 11) is 1.53. The maximum absolute atomic E-state index is 10.6. The fourth-order valence-electron chi connectivity index (χ4n) is 2.10. The molecule has 0 aliphatic carbocycles. The Morgan fingerprint density at radius 3 is 2.23 bits per heavy atom. The third-order valence-corrected chi connectivity index (χ3v) is 3.40. The molecule has 0 heterocycles. The Kier molecular flexibility index (Phi) is 15.0. The van der Waals surface area contributed by atoms with Gasteiger partial charge in [0.15, 0.2) is 0 Å². The quantitative estimate of drug-likeness (QED) is 0.269. The largest absolute Gasteiger partial charge is 0.481 e. The van der Waals surface area contributed by atoms with Crippen LogP contribution in [0.3, 0.4) is 0 Å². The Balaban J connectivity index is 3.50. The van der Waals surface area contributed by atoms with E-state index in [1.54, 1.807) is 6.08 Å². The van der Waals surface area contributed by atoms with Crippen LogP contribution in [0.5, 0.6) is 0 Å². The Hall–Kier alpha value is -1.35. The molecule has 0 saturated heterocycles. The van der Waals surface area contributed by atoms with Crippen molar-refractivity contribution in [1.29, 1.82) is 0 Å². The highest BCUT2D eigenvalue weighted by atomic mass is 16.5. The highest BCUT2D eigenvalue weighted by molar-refractivity contribution is 5.67. The molecule has 0 aromatic heterocycles. The van der Waals surface area contributed by atoms with Crippen molar-refractivity contribution in [2.75, 3.05) is 7.11 Å². The Morgan fingerprint density at radius 1 is 1.00 bits per heavy atom. The summed E-state index contributed by atoms with van der Waals surface area (Å²) >= 11 is 0. The first-order valence-corrected chi connectivity index (χ1v) is 8.43. The Morgan fingerprint density at radius 2 is 1.64 bits per heavy atom. The van der Waals surface area contributed by atoms with E-state index < -0.39 is 5.97 Å². The highest BCUT2D eigenvalue weighted by Gasteiger charge is 2.06. The van der Waals surface area contributed by atoms with E-state index in [9.17, 15) is 4.79 Å². The van der Waals surface area contributed by atoms with Gasteiger partial charge in [0.25, 0.3) is 0 Å². The molecule has 0 rings (SSSR count). The normalized spacial score (nSPS) is 13.5. The van der Waals surface area contributed by atoms with Gasteiger partial charge in [-0.15, -0.1) is 0 Å². The molecule has 3 heteroatoms. The molecule has 0 aromatic rings. The topological polar surface area (TPSA) is 46.5 Å². The van der Waals surface area contributed by atoms with E-state index in [-0.39, 0.29) is 12.5 Å². The SMILES string of the molecule is CC/C=C/CCCCCCC/C=C\C=C\[C@@H](CC(=O)O)OC. The lowest BCUT2D eigenvalue weighted by Crippen LogP contribution is -2.12. The van der Waals surface area contributed by atoms with Crippen molar-refractivity contribution >= 4 is 5.97 Å². The van der Waals surface area contributed by atoms with E-state index in [0.717, 1.165) is 12.8 Å². The summed E-state index contributed by atoms with van der Waals surface area (Å²) in [4.78, 5) is 10.6. The van der Waals surface area contributed by atoms with Crippen LogP contribution in [0.25, 0.3) is 0 Å². The van der Waals surface area contributed by atoms with Gasteiger partial charge in [0, 0.05) is 7.11 Å². The molecule has 126 valence electrons. The molecule has 0 spiro atoms. The van der Waals surface area contributed by atoms with E-state index >= 15 is 0 Å². The third kappa shape index (κ3) is 15.0. The van der Waals surface area contributed by atoms with Crippen LogP contribution in [0.2, 0.25) is 0 Å². The van der Waals surface area contributed by atoms with Crippen LogP contribution in [0, 0.1) is 0 Å². The predicted octanol–water partition coefficient (Wildman–Crippen LogP) is 5.29. The average molecular weight is 308 g/mol. The summed E-state index contributed by atoms with van der Waals surface area (Å²) in [6.45, 7) is 2.17. The van der Waals surface area contributed by atoms with Crippen LogP contribution in [0.1, 0.15) is 64.7 Å². The maximum atomic E-state index is 10.6. The number of carboxylic acid groups (broad SMARTS) is 1. The third-order valence-electron chi connectivity index (χ3n) is 3.40. The zero-order valence-electron chi connectivity index (χ0n) is 14.2. The lowest BCUT2D eigenvalue weighted by molar-refractivity contribution is -0.138. The van der Waals surface area contributed by atoms with Gasteiger partial charge in [-0.25, -0.2) is 0 Å². The second-order valence-corrected chi connectivity index (χ2v) is 5.41. The monoisotopic (exact) mass is 308 g/mol. The number of carbonyl (C=O) groups is 1. The number of unbranched alkanes of at least 4 members (excludes halogenated alkanes) is 6. The number of ether oxygens (including phenoxy) is 1. The highest BCUT2D eigenvalue weighted by Crippen LogP contribution is 2.08.